The van der Waals surface area contributed by atoms with E-state index < -0.39 is 0 Å². The van der Waals surface area contributed by atoms with E-state index in [0.29, 0.717) is 16.0 Å². The van der Waals surface area contributed by atoms with E-state index in [9.17, 15) is 0 Å². The lowest BCUT2D eigenvalue weighted by Gasteiger charge is -2.23. The minimum Gasteiger partial charge on any atom is -0.377 e. The highest BCUT2D eigenvalue weighted by Gasteiger charge is 2.15. The summed E-state index contributed by atoms with van der Waals surface area (Å²) in [7, 11) is 0. The second-order valence-electron chi connectivity index (χ2n) is 5.34. The number of benzene rings is 2. The number of halogens is 2. The number of hydrogen-bond acceptors (Lipinski definition) is 1. The summed E-state index contributed by atoms with van der Waals surface area (Å²) in [6.07, 6.45) is 1.03. The van der Waals surface area contributed by atoms with E-state index >= 15 is 0 Å². The summed E-state index contributed by atoms with van der Waals surface area (Å²) >= 11 is 12.3. The average molecular weight is 308 g/mol. The van der Waals surface area contributed by atoms with Crippen molar-refractivity contribution >= 4 is 28.9 Å². The quantitative estimate of drug-likeness (QED) is 0.694. The second kappa shape index (κ2) is 7.01. The third kappa shape index (κ3) is 3.91. The molecule has 0 aliphatic rings. The molecule has 0 aliphatic carbocycles. The highest BCUT2D eigenvalue weighted by atomic mass is 35.5. The molecule has 0 heterocycles. The Morgan fingerprint density at radius 3 is 2.30 bits per heavy atom. The molecule has 1 N–H and O–H groups in total. The van der Waals surface area contributed by atoms with Crippen LogP contribution in [-0.2, 0) is 0 Å². The lowest BCUT2D eigenvalue weighted by atomic mass is 9.97. The van der Waals surface area contributed by atoms with Crippen molar-refractivity contribution in [3.05, 3.63) is 64.1 Å². The van der Waals surface area contributed by atoms with Crippen molar-refractivity contribution in [3.63, 3.8) is 0 Å². The Morgan fingerprint density at radius 2 is 1.65 bits per heavy atom. The highest BCUT2D eigenvalue weighted by Crippen LogP contribution is 2.33. The van der Waals surface area contributed by atoms with Crippen molar-refractivity contribution in [1.29, 1.82) is 0 Å². The van der Waals surface area contributed by atoms with Gasteiger partial charge in [-0.15, -0.1) is 0 Å². The molecule has 1 unspecified atom stereocenters. The first-order chi connectivity index (χ1) is 9.58. The van der Waals surface area contributed by atoms with Gasteiger partial charge >= 0.3 is 0 Å². The fraction of sp³-hybridized carbons (Fsp3) is 0.294. The maximum Gasteiger partial charge on any atom is 0.0823 e. The van der Waals surface area contributed by atoms with Gasteiger partial charge in [0.1, 0.15) is 0 Å². The second-order valence-corrected chi connectivity index (χ2v) is 6.12. The van der Waals surface area contributed by atoms with Crippen LogP contribution in [0, 0.1) is 5.92 Å². The topological polar surface area (TPSA) is 12.0 Å². The fourth-order valence-electron chi connectivity index (χ4n) is 2.24. The predicted octanol–water partition coefficient (Wildman–Crippen LogP) is 6.19. The van der Waals surface area contributed by atoms with Gasteiger partial charge in [0.25, 0.3) is 0 Å². The van der Waals surface area contributed by atoms with Crippen LogP contribution in [0.1, 0.15) is 31.9 Å². The van der Waals surface area contributed by atoms with Crippen LogP contribution in [0.2, 0.25) is 10.0 Å². The molecule has 0 radical (unpaired) electrons. The van der Waals surface area contributed by atoms with Gasteiger partial charge < -0.3 is 5.32 Å². The lowest BCUT2D eigenvalue weighted by molar-refractivity contribution is 0.531. The van der Waals surface area contributed by atoms with E-state index in [4.69, 9.17) is 23.2 Å². The monoisotopic (exact) mass is 307 g/mol. The van der Waals surface area contributed by atoms with Crippen LogP contribution in [0.3, 0.4) is 0 Å². The van der Waals surface area contributed by atoms with Gasteiger partial charge in [-0.05, 0) is 30.0 Å². The molecule has 106 valence electrons. The number of nitrogens with one attached hydrogen (secondary N) is 1. The minimum atomic E-state index is 0.229. The van der Waals surface area contributed by atoms with E-state index in [1.54, 1.807) is 6.07 Å². The van der Waals surface area contributed by atoms with Crippen molar-refractivity contribution in [2.75, 3.05) is 5.32 Å². The molecule has 3 heteroatoms. The Labute approximate surface area is 130 Å². The normalized spacial score (nSPS) is 12.4. The Bertz CT molecular complexity index is 552. The van der Waals surface area contributed by atoms with Crippen molar-refractivity contribution in [1.82, 2.24) is 0 Å². The van der Waals surface area contributed by atoms with Gasteiger partial charge in [-0.1, -0.05) is 73.4 Å². The highest BCUT2D eigenvalue weighted by molar-refractivity contribution is 6.43. The Morgan fingerprint density at radius 1 is 0.950 bits per heavy atom. The van der Waals surface area contributed by atoms with Crippen LogP contribution in [0.25, 0.3) is 0 Å². The van der Waals surface area contributed by atoms with E-state index in [1.807, 2.05) is 18.2 Å². The molecule has 0 aromatic heterocycles. The first-order valence-corrected chi connectivity index (χ1v) is 7.59. The zero-order valence-electron chi connectivity index (χ0n) is 11.7. The third-order valence-corrected chi connectivity index (χ3v) is 4.01. The van der Waals surface area contributed by atoms with Gasteiger partial charge in [0.15, 0.2) is 0 Å². The summed E-state index contributed by atoms with van der Waals surface area (Å²) in [4.78, 5) is 0. The first kappa shape index (κ1) is 15.2. The van der Waals surface area contributed by atoms with E-state index in [2.05, 4.69) is 43.4 Å². The van der Waals surface area contributed by atoms with E-state index in [0.717, 1.165) is 12.1 Å². The van der Waals surface area contributed by atoms with Crippen LogP contribution >= 0.6 is 23.2 Å². The van der Waals surface area contributed by atoms with Crippen molar-refractivity contribution in [3.8, 4) is 0 Å². The molecular formula is C17H19Cl2N. The fourth-order valence-corrected chi connectivity index (χ4v) is 2.59. The van der Waals surface area contributed by atoms with E-state index in [1.165, 1.54) is 5.56 Å². The summed E-state index contributed by atoms with van der Waals surface area (Å²) in [6.45, 7) is 4.44. The summed E-state index contributed by atoms with van der Waals surface area (Å²) in [5.74, 6) is 0.589. The van der Waals surface area contributed by atoms with Crippen LogP contribution in [0.5, 0.6) is 0 Å². The molecule has 0 amide bonds. The van der Waals surface area contributed by atoms with Crippen molar-refractivity contribution in [2.45, 2.75) is 26.3 Å². The first-order valence-electron chi connectivity index (χ1n) is 6.83. The van der Waals surface area contributed by atoms with Crippen LogP contribution < -0.4 is 5.32 Å². The molecule has 2 rings (SSSR count). The molecule has 1 nitrogen and oxygen atoms in total. The molecule has 0 spiro atoms. The number of anilines is 1. The zero-order valence-corrected chi connectivity index (χ0v) is 13.2. The smallest absolute Gasteiger partial charge is 0.0823 e. The molecular weight excluding hydrogens is 289 g/mol. The van der Waals surface area contributed by atoms with Crippen LogP contribution in [0.15, 0.2) is 48.5 Å². The van der Waals surface area contributed by atoms with Gasteiger partial charge in [0, 0.05) is 0 Å². The Hall–Kier alpha value is -1.18. The standard InChI is InChI=1S/C17H19Cl2N/c1-12(2)11-16(13-7-4-3-5-8-13)20-15-10-6-9-14(18)17(15)19/h3-10,12,16,20H,11H2,1-2H3. The molecule has 0 saturated heterocycles. The van der Waals surface area contributed by atoms with Crippen molar-refractivity contribution < 1.29 is 0 Å². The van der Waals surface area contributed by atoms with Crippen molar-refractivity contribution in [2.24, 2.45) is 5.92 Å². The summed E-state index contributed by atoms with van der Waals surface area (Å²) in [5, 5.41) is 4.68. The lowest BCUT2D eigenvalue weighted by Crippen LogP contribution is -2.13. The maximum atomic E-state index is 6.27. The maximum absolute atomic E-state index is 6.27. The SMILES string of the molecule is CC(C)CC(Nc1cccc(Cl)c1Cl)c1ccccc1. The van der Waals surface area contributed by atoms with Gasteiger partial charge in [0.05, 0.1) is 21.8 Å². The predicted molar refractivity (Wildman–Crippen MR) is 88.7 cm³/mol. The summed E-state index contributed by atoms with van der Waals surface area (Å²) in [6, 6.07) is 16.3. The van der Waals surface area contributed by atoms with Gasteiger partial charge in [-0.25, -0.2) is 0 Å². The largest absolute Gasteiger partial charge is 0.377 e. The molecule has 0 bridgehead atoms. The summed E-state index contributed by atoms with van der Waals surface area (Å²) in [5.41, 5.74) is 2.14. The minimum absolute atomic E-state index is 0.229. The number of hydrogen-bond donors (Lipinski definition) is 1. The molecule has 2 aromatic carbocycles. The third-order valence-electron chi connectivity index (χ3n) is 3.19. The molecule has 0 aliphatic heterocycles. The van der Waals surface area contributed by atoms with Gasteiger partial charge in [0.2, 0.25) is 0 Å². The molecule has 20 heavy (non-hydrogen) atoms. The molecule has 2 aromatic rings. The average Bonchev–Trinajstić information content (AvgIpc) is 2.43. The zero-order chi connectivity index (χ0) is 14.5. The van der Waals surface area contributed by atoms with Crippen LogP contribution in [0.4, 0.5) is 5.69 Å². The molecule has 0 fully saturated rings. The molecule has 1 atom stereocenters. The van der Waals surface area contributed by atoms with E-state index in [-0.39, 0.29) is 6.04 Å². The summed E-state index contributed by atoms with van der Waals surface area (Å²) < 4.78 is 0. The van der Waals surface area contributed by atoms with Gasteiger partial charge in [-0.2, -0.15) is 0 Å². The van der Waals surface area contributed by atoms with Crippen LogP contribution in [-0.4, -0.2) is 0 Å². The Kier molecular flexibility index (Phi) is 5.33. The van der Waals surface area contributed by atoms with Gasteiger partial charge in [-0.3, -0.25) is 0 Å². The number of rotatable bonds is 5. The molecule has 0 saturated carbocycles. The Balaban J connectivity index is 2.26.